The van der Waals surface area contributed by atoms with Crippen LogP contribution in [-0.4, -0.2) is 29.6 Å². The highest BCUT2D eigenvalue weighted by Gasteiger charge is 2.37. The molecule has 1 aromatic rings. The van der Waals surface area contributed by atoms with Crippen LogP contribution in [0, 0.1) is 12.3 Å². The zero-order valence-corrected chi connectivity index (χ0v) is 12.6. The molecule has 0 radical (unpaired) electrons. The minimum atomic E-state index is -0.339. The van der Waals surface area contributed by atoms with Gasteiger partial charge in [0, 0.05) is 6.54 Å². The van der Waals surface area contributed by atoms with E-state index in [1.54, 1.807) is 0 Å². The third-order valence-corrected chi connectivity index (χ3v) is 5.56. The van der Waals surface area contributed by atoms with Crippen molar-refractivity contribution >= 4 is 0 Å². The largest absolute Gasteiger partial charge is 0.387 e. The lowest BCUT2D eigenvalue weighted by molar-refractivity contribution is 0.0594. The first-order valence-electron chi connectivity index (χ1n) is 8.15. The van der Waals surface area contributed by atoms with Crippen molar-refractivity contribution in [2.75, 3.05) is 19.6 Å². The van der Waals surface area contributed by atoms with Crippen LogP contribution in [0.4, 0.5) is 0 Å². The number of aryl methyl sites for hydroxylation is 1. The fourth-order valence-electron chi connectivity index (χ4n) is 4.14. The Labute approximate surface area is 122 Å². The van der Waals surface area contributed by atoms with Crippen LogP contribution in [0.2, 0.25) is 0 Å². The summed E-state index contributed by atoms with van der Waals surface area (Å²) in [4.78, 5) is 2.46. The zero-order chi connectivity index (χ0) is 14.0. The van der Waals surface area contributed by atoms with Crippen molar-refractivity contribution in [2.45, 2.75) is 51.6 Å². The summed E-state index contributed by atoms with van der Waals surface area (Å²) in [7, 11) is 0. The highest BCUT2D eigenvalue weighted by Crippen LogP contribution is 2.46. The number of piperidine rings is 1. The fourth-order valence-corrected chi connectivity index (χ4v) is 4.14. The Morgan fingerprint density at radius 3 is 2.40 bits per heavy atom. The Kier molecular flexibility index (Phi) is 4.13. The molecule has 1 aliphatic carbocycles. The van der Waals surface area contributed by atoms with Gasteiger partial charge >= 0.3 is 0 Å². The normalized spacial score (nSPS) is 24.1. The molecule has 3 rings (SSSR count). The molecule has 1 saturated carbocycles. The molecule has 1 aliphatic heterocycles. The third-order valence-electron chi connectivity index (χ3n) is 5.56. The number of hydrogen-bond donors (Lipinski definition) is 1. The zero-order valence-electron chi connectivity index (χ0n) is 12.6. The lowest BCUT2D eigenvalue weighted by atomic mass is 9.77. The second kappa shape index (κ2) is 5.87. The minimum Gasteiger partial charge on any atom is -0.387 e. The summed E-state index contributed by atoms with van der Waals surface area (Å²) in [5, 5.41) is 10.5. The molecule has 2 nitrogen and oxygen atoms in total. The summed E-state index contributed by atoms with van der Waals surface area (Å²) in [6, 6.07) is 8.20. The molecular formula is C18H27NO. The molecule has 1 aromatic carbocycles. The van der Waals surface area contributed by atoms with Gasteiger partial charge < -0.3 is 10.0 Å². The second-order valence-electron chi connectivity index (χ2n) is 6.88. The highest BCUT2D eigenvalue weighted by atomic mass is 16.3. The molecular weight excluding hydrogens is 246 g/mol. The fraction of sp³-hybridized carbons (Fsp3) is 0.667. The highest BCUT2D eigenvalue weighted by molar-refractivity contribution is 5.27. The van der Waals surface area contributed by atoms with E-state index >= 15 is 0 Å². The van der Waals surface area contributed by atoms with Crippen LogP contribution in [-0.2, 0) is 0 Å². The molecule has 1 saturated heterocycles. The van der Waals surface area contributed by atoms with Crippen molar-refractivity contribution in [1.82, 2.24) is 4.90 Å². The van der Waals surface area contributed by atoms with Gasteiger partial charge in [0.1, 0.15) is 0 Å². The summed E-state index contributed by atoms with van der Waals surface area (Å²) >= 11 is 0. The Bertz CT molecular complexity index is 440. The van der Waals surface area contributed by atoms with E-state index in [4.69, 9.17) is 0 Å². The van der Waals surface area contributed by atoms with E-state index in [9.17, 15) is 5.11 Å². The summed E-state index contributed by atoms with van der Waals surface area (Å²) in [6.07, 6.45) is 8.11. The van der Waals surface area contributed by atoms with Crippen LogP contribution >= 0.6 is 0 Å². The molecule has 0 aromatic heterocycles. The van der Waals surface area contributed by atoms with E-state index in [1.807, 2.05) is 12.1 Å². The van der Waals surface area contributed by atoms with E-state index in [-0.39, 0.29) is 6.10 Å². The smallest absolute Gasteiger partial charge is 0.0919 e. The Morgan fingerprint density at radius 1 is 1.10 bits per heavy atom. The Hall–Kier alpha value is -0.860. The average molecular weight is 273 g/mol. The van der Waals surface area contributed by atoms with Crippen molar-refractivity contribution in [2.24, 2.45) is 5.41 Å². The SMILES string of the molecule is Cc1ccccc1C(O)CN1CCC2(CCCC2)CC1. The quantitative estimate of drug-likeness (QED) is 0.908. The second-order valence-corrected chi connectivity index (χ2v) is 6.88. The van der Waals surface area contributed by atoms with E-state index in [0.717, 1.165) is 12.1 Å². The number of aliphatic hydroxyl groups excluding tert-OH is 1. The predicted octanol–water partition coefficient (Wildman–Crippen LogP) is 3.68. The number of likely N-dealkylation sites (tertiary alicyclic amines) is 1. The Morgan fingerprint density at radius 2 is 1.75 bits per heavy atom. The van der Waals surface area contributed by atoms with Crippen molar-refractivity contribution in [3.63, 3.8) is 0 Å². The van der Waals surface area contributed by atoms with E-state index in [2.05, 4.69) is 24.0 Å². The summed E-state index contributed by atoms with van der Waals surface area (Å²) in [5.74, 6) is 0. The van der Waals surface area contributed by atoms with Gasteiger partial charge in [0.25, 0.3) is 0 Å². The van der Waals surface area contributed by atoms with Gasteiger partial charge in [-0.3, -0.25) is 0 Å². The summed E-state index contributed by atoms with van der Waals surface area (Å²) in [5.41, 5.74) is 2.96. The molecule has 1 spiro atoms. The van der Waals surface area contributed by atoms with E-state index in [1.165, 1.54) is 57.2 Å². The molecule has 0 bridgehead atoms. The molecule has 110 valence electrons. The maximum absolute atomic E-state index is 10.5. The van der Waals surface area contributed by atoms with Crippen LogP contribution in [0.3, 0.4) is 0 Å². The average Bonchev–Trinajstić information content (AvgIpc) is 2.90. The van der Waals surface area contributed by atoms with Gasteiger partial charge in [0.2, 0.25) is 0 Å². The van der Waals surface area contributed by atoms with Gasteiger partial charge in [0.05, 0.1) is 6.10 Å². The first-order chi connectivity index (χ1) is 9.69. The minimum absolute atomic E-state index is 0.339. The molecule has 20 heavy (non-hydrogen) atoms. The molecule has 2 aliphatic rings. The van der Waals surface area contributed by atoms with Crippen LogP contribution in [0.15, 0.2) is 24.3 Å². The maximum atomic E-state index is 10.5. The molecule has 2 heteroatoms. The van der Waals surface area contributed by atoms with Gasteiger partial charge in [-0.05, 0) is 62.2 Å². The van der Waals surface area contributed by atoms with E-state index in [0.29, 0.717) is 5.41 Å². The molecule has 2 fully saturated rings. The number of rotatable bonds is 3. The van der Waals surface area contributed by atoms with Crippen LogP contribution in [0.1, 0.15) is 55.8 Å². The standard InChI is InChI=1S/C18H27NO/c1-15-6-2-3-7-16(15)17(20)14-19-12-10-18(11-13-19)8-4-5-9-18/h2-3,6-7,17,20H,4-5,8-14H2,1H3. The Balaban J connectivity index is 1.56. The lowest BCUT2D eigenvalue weighted by Gasteiger charge is -2.40. The first kappa shape index (κ1) is 14.1. The monoisotopic (exact) mass is 273 g/mol. The number of aliphatic hydroxyl groups is 1. The number of benzene rings is 1. The molecule has 1 heterocycles. The van der Waals surface area contributed by atoms with Crippen LogP contribution in [0.5, 0.6) is 0 Å². The lowest BCUT2D eigenvalue weighted by Crippen LogP contribution is -2.40. The van der Waals surface area contributed by atoms with Gasteiger partial charge in [-0.1, -0.05) is 37.1 Å². The number of nitrogens with zero attached hydrogens (tertiary/aromatic N) is 1. The summed E-state index contributed by atoms with van der Waals surface area (Å²) < 4.78 is 0. The topological polar surface area (TPSA) is 23.5 Å². The van der Waals surface area contributed by atoms with Gasteiger partial charge in [-0.25, -0.2) is 0 Å². The predicted molar refractivity (Wildman–Crippen MR) is 82.7 cm³/mol. The number of β-amino-alcohol motifs (C(OH)–C–C–N with tert-alkyl or cyclic N) is 1. The summed E-state index contributed by atoms with van der Waals surface area (Å²) in [6.45, 7) is 5.22. The van der Waals surface area contributed by atoms with Crippen LogP contribution in [0.25, 0.3) is 0 Å². The van der Waals surface area contributed by atoms with Crippen molar-refractivity contribution in [1.29, 1.82) is 0 Å². The van der Waals surface area contributed by atoms with E-state index < -0.39 is 0 Å². The molecule has 1 unspecified atom stereocenters. The van der Waals surface area contributed by atoms with Crippen LogP contribution < -0.4 is 0 Å². The molecule has 1 N–H and O–H groups in total. The van der Waals surface area contributed by atoms with Crippen molar-refractivity contribution in [3.8, 4) is 0 Å². The van der Waals surface area contributed by atoms with Gasteiger partial charge in [0.15, 0.2) is 0 Å². The van der Waals surface area contributed by atoms with Crippen molar-refractivity contribution < 1.29 is 5.11 Å². The third kappa shape index (κ3) is 2.91. The van der Waals surface area contributed by atoms with Gasteiger partial charge in [-0.15, -0.1) is 0 Å². The first-order valence-corrected chi connectivity index (χ1v) is 8.15. The van der Waals surface area contributed by atoms with Crippen molar-refractivity contribution in [3.05, 3.63) is 35.4 Å². The molecule has 0 amide bonds. The van der Waals surface area contributed by atoms with Gasteiger partial charge in [-0.2, -0.15) is 0 Å². The number of hydrogen-bond acceptors (Lipinski definition) is 2. The molecule has 1 atom stereocenters. The maximum Gasteiger partial charge on any atom is 0.0919 e.